The highest BCUT2D eigenvalue weighted by Gasteiger charge is 2.30. The first-order valence-electron chi connectivity index (χ1n) is 8.66. The Morgan fingerprint density at radius 2 is 2.19 bits per heavy atom. The number of fused-ring (bicyclic) bond motifs is 1. The molecule has 1 aliphatic heterocycles. The van der Waals surface area contributed by atoms with Crippen molar-refractivity contribution < 1.29 is 13.9 Å². The lowest BCUT2D eigenvalue weighted by molar-refractivity contribution is -0.129. The van der Waals surface area contributed by atoms with Gasteiger partial charge in [0.2, 0.25) is 5.91 Å². The van der Waals surface area contributed by atoms with Crippen LogP contribution in [0.2, 0.25) is 0 Å². The summed E-state index contributed by atoms with van der Waals surface area (Å²) < 4.78 is 11.0. The molecule has 0 radical (unpaired) electrons. The standard InChI is InChI=1S/C20H20N2O3S/c1-24-15-7-4-6-14(12-15)17-9-5-11-22(17)19(23)13-26-20-21-16-8-2-3-10-18(16)25-20/h2-4,6-8,10,12,17H,5,9,11,13H2,1H3. The number of thioether (sulfide) groups is 1. The second-order valence-corrected chi connectivity index (χ2v) is 7.18. The van der Waals surface area contributed by atoms with E-state index < -0.39 is 0 Å². The molecule has 134 valence electrons. The van der Waals surface area contributed by atoms with Gasteiger partial charge in [0.1, 0.15) is 11.3 Å². The van der Waals surface area contributed by atoms with E-state index in [0.717, 1.165) is 41.8 Å². The van der Waals surface area contributed by atoms with E-state index in [9.17, 15) is 4.79 Å². The largest absolute Gasteiger partial charge is 0.497 e. The van der Waals surface area contributed by atoms with Crippen LogP contribution in [0.1, 0.15) is 24.4 Å². The van der Waals surface area contributed by atoms with Crippen LogP contribution in [0.15, 0.2) is 58.2 Å². The molecule has 1 aromatic heterocycles. The molecule has 1 unspecified atom stereocenters. The molecule has 0 aliphatic carbocycles. The molecule has 1 fully saturated rings. The van der Waals surface area contributed by atoms with Crippen LogP contribution < -0.4 is 4.74 Å². The van der Waals surface area contributed by atoms with Crippen LogP contribution >= 0.6 is 11.8 Å². The maximum absolute atomic E-state index is 12.8. The van der Waals surface area contributed by atoms with Crippen molar-refractivity contribution in [3.8, 4) is 5.75 Å². The molecule has 5 nitrogen and oxygen atoms in total. The van der Waals surface area contributed by atoms with Crippen molar-refractivity contribution in [3.63, 3.8) is 0 Å². The van der Waals surface area contributed by atoms with Gasteiger partial charge in [-0.15, -0.1) is 0 Å². The minimum Gasteiger partial charge on any atom is -0.497 e. The number of carbonyl (C=O) groups is 1. The van der Waals surface area contributed by atoms with Gasteiger partial charge in [0, 0.05) is 6.54 Å². The van der Waals surface area contributed by atoms with Gasteiger partial charge in [-0.05, 0) is 42.7 Å². The number of para-hydroxylation sites is 2. The smallest absolute Gasteiger partial charge is 0.257 e. The van der Waals surface area contributed by atoms with Gasteiger partial charge in [0.25, 0.3) is 5.22 Å². The summed E-state index contributed by atoms with van der Waals surface area (Å²) in [5.41, 5.74) is 2.69. The van der Waals surface area contributed by atoms with Gasteiger partial charge in [-0.25, -0.2) is 4.98 Å². The zero-order valence-electron chi connectivity index (χ0n) is 14.6. The van der Waals surface area contributed by atoms with Crippen molar-refractivity contribution in [1.82, 2.24) is 9.88 Å². The molecule has 2 heterocycles. The normalized spacial score (nSPS) is 17.0. The van der Waals surface area contributed by atoms with Crippen molar-refractivity contribution >= 4 is 28.8 Å². The molecule has 26 heavy (non-hydrogen) atoms. The Bertz CT molecular complexity index is 891. The molecule has 4 rings (SSSR count). The van der Waals surface area contributed by atoms with E-state index in [1.807, 2.05) is 47.4 Å². The van der Waals surface area contributed by atoms with E-state index in [4.69, 9.17) is 9.15 Å². The van der Waals surface area contributed by atoms with Gasteiger partial charge in [-0.2, -0.15) is 0 Å². The summed E-state index contributed by atoms with van der Waals surface area (Å²) in [7, 11) is 1.66. The molecule has 1 aliphatic rings. The van der Waals surface area contributed by atoms with Crippen molar-refractivity contribution in [2.24, 2.45) is 0 Å². The van der Waals surface area contributed by atoms with Crippen molar-refractivity contribution in [3.05, 3.63) is 54.1 Å². The van der Waals surface area contributed by atoms with Crippen LogP contribution in [0.4, 0.5) is 0 Å². The van der Waals surface area contributed by atoms with E-state index in [1.54, 1.807) is 7.11 Å². The number of methoxy groups -OCH3 is 1. The van der Waals surface area contributed by atoms with Crippen molar-refractivity contribution in [1.29, 1.82) is 0 Å². The Kier molecular flexibility index (Phi) is 4.84. The fourth-order valence-electron chi connectivity index (χ4n) is 3.38. The summed E-state index contributed by atoms with van der Waals surface area (Å²) in [6.07, 6.45) is 1.99. The molecule has 1 atom stereocenters. The van der Waals surface area contributed by atoms with Crippen LogP contribution in [-0.2, 0) is 4.79 Å². The highest BCUT2D eigenvalue weighted by atomic mass is 32.2. The molecule has 3 aromatic rings. The molecule has 1 saturated heterocycles. The molecule has 1 amide bonds. The first-order chi connectivity index (χ1) is 12.7. The zero-order chi connectivity index (χ0) is 17.9. The number of carbonyl (C=O) groups excluding carboxylic acids is 1. The van der Waals surface area contributed by atoms with E-state index in [-0.39, 0.29) is 11.9 Å². The molecule has 0 spiro atoms. The molecular weight excluding hydrogens is 348 g/mol. The van der Waals surface area contributed by atoms with Gasteiger partial charge >= 0.3 is 0 Å². The number of aromatic nitrogens is 1. The van der Waals surface area contributed by atoms with E-state index >= 15 is 0 Å². The van der Waals surface area contributed by atoms with Crippen molar-refractivity contribution in [2.45, 2.75) is 24.1 Å². The van der Waals surface area contributed by atoms with Crippen LogP contribution in [0.5, 0.6) is 5.75 Å². The van der Waals surface area contributed by atoms with Crippen LogP contribution in [0.25, 0.3) is 11.1 Å². The first-order valence-corrected chi connectivity index (χ1v) is 9.65. The highest BCUT2D eigenvalue weighted by Crippen LogP contribution is 2.34. The number of amides is 1. The Hall–Kier alpha value is -2.47. The Balaban J connectivity index is 1.44. The molecule has 0 bridgehead atoms. The third kappa shape index (κ3) is 3.42. The van der Waals surface area contributed by atoms with Crippen LogP contribution in [0, 0.1) is 0 Å². The minimum absolute atomic E-state index is 0.113. The number of hydrogen-bond donors (Lipinski definition) is 0. The lowest BCUT2D eigenvalue weighted by Crippen LogP contribution is -2.31. The maximum Gasteiger partial charge on any atom is 0.257 e. The molecule has 0 N–H and O–H groups in total. The number of likely N-dealkylation sites (tertiary alicyclic amines) is 1. The zero-order valence-corrected chi connectivity index (χ0v) is 15.4. The fraction of sp³-hybridized carbons (Fsp3) is 0.300. The van der Waals surface area contributed by atoms with E-state index in [2.05, 4.69) is 11.1 Å². The topological polar surface area (TPSA) is 55.6 Å². The molecule has 2 aromatic carbocycles. The number of nitrogens with zero attached hydrogens (tertiary/aromatic N) is 2. The van der Waals surface area contributed by atoms with Gasteiger partial charge in [-0.3, -0.25) is 4.79 Å². The van der Waals surface area contributed by atoms with Crippen LogP contribution in [-0.4, -0.2) is 35.2 Å². The monoisotopic (exact) mass is 368 g/mol. The third-order valence-electron chi connectivity index (χ3n) is 4.65. The lowest BCUT2D eigenvalue weighted by atomic mass is 10.0. The highest BCUT2D eigenvalue weighted by molar-refractivity contribution is 7.99. The first kappa shape index (κ1) is 17.0. The SMILES string of the molecule is COc1cccc(C2CCCN2C(=O)CSc2nc3ccccc3o2)c1. The Morgan fingerprint density at radius 3 is 3.04 bits per heavy atom. The number of ether oxygens (including phenoxy) is 1. The summed E-state index contributed by atoms with van der Waals surface area (Å²) in [5.74, 6) is 1.26. The third-order valence-corrected chi connectivity index (χ3v) is 5.46. The maximum atomic E-state index is 12.8. The number of oxazole rings is 1. The van der Waals surface area contributed by atoms with Crippen molar-refractivity contribution in [2.75, 3.05) is 19.4 Å². The average Bonchev–Trinajstić information content (AvgIpc) is 3.32. The summed E-state index contributed by atoms with van der Waals surface area (Å²) in [6, 6.07) is 15.7. The van der Waals surface area contributed by atoms with Crippen LogP contribution in [0.3, 0.4) is 0 Å². The molecule has 0 saturated carbocycles. The predicted octanol–water partition coefficient (Wildman–Crippen LogP) is 4.29. The van der Waals surface area contributed by atoms with E-state index in [0.29, 0.717) is 11.0 Å². The number of rotatable bonds is 5. The quantitative estimate of drug-likeness (QED) is 0.629. The van der Waals surface area contributed by atoms with E-state index in [1.165, 1.54) is 11.8 Å². The summed E-state index contributed by atoms with van der Waals surface area (Å²) >= 11 is 1.35. The number of hydrogen-bond acceptors (Lipinski definition) is 5. The summed E-state index contributed by atoms with van der Waals surface area (Å²) in [4.78, 5) is 19.2. The lowest BCUT2D eigenvalue weighted by Gasteiger charge is -2.25. The van der Waals surface area contributed by atoms with Gasteiger partial charge in [0.15, 0.2) is 5.58 Å². The molecular formula is C20H20N2O3S. The molecule has 6 heteroatoms. The Morgan fingerprint density at radius 1 is 1.31 bits per heavy atom. The van der Waals surface area contributed by atoms with Gasteiger partial charge in [0.05, 0.1) is 18.9 Å². The second-order valence-electron chi connectivity index (χ2n) is 6.26. The fourth-order valence-corrected chi connectivity index (χ4v) is 4.10. The number of benzene rings is 2. The second kappa shape index (κ2) is 7.41. The van der Waals surface area contributed by atoms with Gasteiger partial charge < -0.3 is 14.1 Å². The minimum atomic E-state index is 0.113. The summed E-state index contributed by atoms with van der Waals surface area (Å²) in [6.45, 7) is 0.787. The average molecular weight is 368 g/mol. The summed E-state index contributed by atoms with van der Waals surface area (Å²) in [5, 5.41) is 0.539. The predicted molar refractivity (Wildman–Crippen MR) is 101 cm³/mol. The Labute approximate surface area is 156 Å². The van der Waals surface area contributed by atoms with Gasteiger partial charge in [-0.1, -0.05) is 36.0 Å².